The molecule has 9 heteroatoms. The summed E-state index contributed by atoms with van der Waals surface area (Å²) in [6.45, 7) is 4.48. The van der Waals surface area contributed by atoms with Gasteiger partial charge in [0.1, 0.15) is 23.2 Å². The first-order valence-corrected chi connectivity index (χ1v) is 14.5. The van der Waals surface area contributed by atoms with Gasteiger partial charge in [-0.2, -0.15) is 0 Å². The summed E-state index contributed by atoms with van der Waals surface area (Å²) < 4.78 is 37.8. The van der Waals surface area contributed by atoms with E-state index in [0.29, 0.717) is 44.0 Å². The molecule has 0 amide bonds. The van der Waals surface area contributed by atoms with Gasteiger partial charge < -0.3 is 24.1 Å². The van der Waals surface area contributed by atoms with Crippen LogP contribution in [0.2, 0.25) is 0 Å². The zero-order chi connectivity index (χ0) is 28.1. The first-order chi connectivity index (χ1) is 19.4. The Morgan fingerprint density at radius 3 is 2.85 bits per heavy atom. The van der Waals surface area contributed by atoms with Crippen LogP contribution in [0.15, 0.2) is 24.3 Å². The molecule has 0 radical (unpaired) electrons. The molecule has 0 bridgehead atoms. The third-order valence-electron chi connectivity index (χ3n) is 8.32. The molecule has 1 aromatic carbocycles. The molecule has 1 unspecified atom stereocenters. The number of carbonyl (C=O) groups is 1. The van der Waals surface area contributed by atoms with Gasteiger partial charge >= 0.3 is 5.97 Å². The molecular weight excluding hydrogens is 515 g/mol. The van der Waals surface area contributed by atoms with Crippen LogP contribution in [0.5, 0.6) is 5.75 Å². The lowest BCUT2D eigenvalue weighted by Crippen LogP contribution is -2.49. The van der Waals surface area contributed by atoms with E-state index in [1.807, 2.05) is 11.8 Å². The van der Waals surface area contributed by atoms with Gasteiger partial charge in [-0.1, -0.05) is 12.1 Å². The summed E-state index contributed by atoms with van der Waals surface area (Å²) in [6.07, 6.45) is 7.87. The maximum absolute atomic E-state index is 14.9. The Morgan fingerprint density at radius 2 is 2.10 bits per heavy atom. The molecule has 3 heterocycles. The van der Waals surface area contributed by atoms with E-state index in [9.17, 15) is 14.3 Å². The van der Waals surface area contributed by atoms with E-state index < -0.39 is 23.4 Å². The van der Waals surface area contributed by atoms with Crippen LogP contribution in [-0.4, -0.2) is 72.7 Å². The Labute approximate surface area is 235 Å². The van der Waals surface area contributed by atoms with Crippen LogP contribution in [-0.2, 0) is 44.9 Å². The fourth-order valence-electron chi connectivity index (χ4n) is 6.00. The normalized spacial score (nSPS) is 21.0. The van der Waals surface area contributed by atoms with Crippen LogP contribution in [0.4, 0.5) is 4.39 Å². The van der Waals surface area contributed by atoms with Crippen LogP contribution in [0.3, 0.4) is 0 Å². The summed E-state index contributed by atoms with van der Waals surface area (Å²) in [6, 6.07) is 5.73. The standard InChI is InChI=1S/C31H41FN2O6/c1-31(19-38-20-31)40-18-25-23(10-7-11-26(25)32)29(30(35)36)34-14-13-22(17-34)39-15-6-5-8-21-16-28(37-2)24-9-3-4-12-27(24)33-21/h7,10-11,16,22,29H,3-6,8-9,12-15,17-20H2,1-2H3,(H,35,36)/t22-,29?/m1/s1. The lowest BCUT2D eigenvalue weighted by Gasteiger charge is -2.38. The predicted octanol–water partition coefficient (Wildman–Crippen LogP) is 4.65. The second kappa shape index (κ2) is 12.9. The minimum absolute atomic E-state index is 0.00433. The summed E-state index contributed by atoms with van der Waals surface area (Å²) in [7, 11) is 1.73. The van der Waals surface area contributed by atoms with Gasteiger partial charge in [0, 0.05) is 48.3 Å². The number of hydrogen-bond donors (Lipinski definition) is 1. The van der Waals surface area contributed by atoms with Crippen LogP contribution >= 0.6 is 0 Å². The van der Waals surface area contributed by atoms with Crippen LogP contribution in [0.25, 0.3) is 0 Å². The summed E-state index contributed by atoms with van der Waals surface area (Å²) in [5.74, 6) is -0.487. The number of likely N-dealkylation sites (tertiary alicyclic amines) is 1. The number of halogens is 1. The molecule has 40 heavy (non-hydrogen) atoms. The second-order valence-corrected chi connectivity index (χ2v) is 11.5. The van der Waals surface area contributed by atoms with Crippen molar-refractivity contribution in [3.05, 3.63) is 58.2 Å². The fourth-order valence-corrected chi connectivity index (χ4v) is 6.00. The average molecular weight is 557 g/mol. The van der Waals surface area contributed by atoms with Crippen molar-refractivity contribution in [1.82, 2.24) is 9.88 Å². The topological polar surface area (TPSA) is 90.4 Å². The quantitative estimate of drug-likeness (QED) is 0.357. The molecule has 0 spiro atoms. The largest absolute Gasteiger partial charge is 0.496 e. The Bertz CT molecular complexity index is 1170. The molecule has 1 N–H and O–H groups in total. The van der Waals surface area contributed by atoms with Gasteiger partial charge in [-0.15, -0.1) is 0 Å². The Balaban J connectivity index is 1.12. The zero-order valence-electron chi connectivity index (χ0n) is 23.6. The fraction of sp³-hybridized carbons (Fsp3) is 0.613. The third kappa shape index (κ3) is 6.65. The number of carboxylic acid groups (broad SMARTS) is 1. The van der Waals surface area contributed by atoms with Crippen molar-refractivity contribution in [3.63, 3.8) is 0 Å². The van der Waals surface area contributed by atoms with E-state index >= 15 is 0 Å². The van der Waals surface area contributed by atoms with Gasteiger partial charge in [-0.25, -0.2) is 4.39 Å². The van der Waals surface area contributed by atoms with E-state index in [1.54, 1.807) is 19.2 Å². The summed E-state index contributed by atoms with van der Waals surface area (Å²) >= 11 is 0. The number of aryl methyl sites for hydroxylation is 2. The molecule has 218 valence electrons. The van der Waals surface area contributed by atoms with Crippen molar-refractivity contribution in [2.45, 2.75) is 82.6 Å². The Morgan fingerprint density at radius 1 is 1.27 bits per heavy atom. The predicted molar refractivity (Wildman–Crippen MR) is 147 cm³/mol. The van der Waals surface area contributed by atoms with Crippen molar-refractivity contribution in [1.29, 1.82) is 0 Å². The van der Waals surface area contributed by atoms with Gasteiger partial charge in [0.05, 0.1) is 33.0 Å². The highest BCUT2D eigenvalue weighted by Crippen LogP contribution is 2.33. The summed E-state index contributed by atoms with van der Waals surface area (Å²) in [4.78, 5) is 19.2. The third-order valence-corrected chi connectivity index (χ3v) is 8.32. The molecule has 0 saturated carbocycles. The van der Waals surface area contributed by atoms with Crippen molar-refractivity contribution in [3.8, 4) is 5.75 Å². The lowest BCUT2D eigenvalue weighted by molar-refractivity contribution is -0.205. The molecular formula is C31H41FN2O6. The number of carboxylic acids is 1. The minimum atomic E-state index is -1.00. The molecule has 3 aliphatic rings. The molecule has 2 aromatic rings. The zero-order valence-corrected chi connectivity index (χ0v) is 23.6. The number of fused-ring (bicyclic) bond motifs is 1. The highest BCUT2D eigenvalue weighted by atomic mass is 19.1. The van der Waals surface area contributed by atoms with Gasteiger partial charge in [0.2, 0.25) is 0 Å². The molecule has 5 rings (SSSR count). The molecule has 2 aliphatic heterocycles. The molecule has 2 saturated heterocycles. The number of rotatable bonds is 13. The number of ether oxygens (including phenoxy) is 4. The first kappa shape index (κ1) is 28.9. The number of aromatic nitrogens is 1. The number of methoxy groups -OCH3 is 1. The highest BCUT2D eigenvalue weighted by Gasteiger charge is 2.38. The van der Waals surface area contributed by atoms with Gasteiger partial charge in [0.15, 0.2) is 0 Å². The molecule has 2 atom stereocenters. The maximum Gasteiger partial charge on any atom is 0.325 e. The molecule has 2 fully saturated rings. The van der Waals surface area contributed by atoms with E-state index in [1.165, 1.54) is 30.2 Å². The smallest absolute Gasteiger partial charge is 0.325 e. The van der Waals surface area contributed by atoms with Crippen molar-refractivity contribution >= 4 is 5.97 Å². The van der Waals surface area contributed by atoms with Crippen LogP contribution in [0, 0.1) is 5.82 Å². The van der Waals surface area contributed by atoms with Crippen LogP contribution < -0.4 is 4.74 Å². The first-order valence-electron chi connectivity index (χ1n) is 14.5. The van der Waals surface area contributed by atoms with E-state index in [2.05, 4.69) is 6.07 Å². The van der Waals surface area contributed by atoms with Gasteiger partial charge in [0.25, 0.3) is 0 Å². The number of unbranched alkanes of at least 4 members (excludes halogenated alkanes) is 1. The lowest BCUT2D eigenvalue weighted by atomic mass is 9.94. The minimum Gasteiger partial charge on any atom is -0.496 e. The van der Waals surface area contributed by atoms with E-state index in [4.69, 9.17) is 23.9 Å². The summed E-state index contributed by atoms with van der Waals surface area (Å²) in [5.41, 5.74) is 3.79. The maximum atomic E-state index is 14.9. The Kier molecular flexibility index (Phi) is 9.35. The number of aliphatic carboxylic acids is 1. The van der Waals surface area contributed by atoms with Gasteiger partial charge in [-0.3, -0.25) is 14.7 Å². The molecule has 1 aromatic heterocycles. The molecule has 1 aliphatic carbocycles. The SMILES string of the molecule is COc1cc(CCCCO[C@@H]2CCN(C(C(=O)O)c3cccc(F)c3COC3(C)COC3)C2)nc2c1CCCC2. The monoisotopic (exact) mass is 556 g/mol. The number of benzene rings is 1. The Hall–Kier alpha value is -2.59. The number of pyridine rings is 1. The highest BCUT2D eigenvalue weighted by molar-refractivity contribution is 5.76. The summed E-state index contributed by atoms with van der Waals surface area (Å²) in [5, 5.41) is 10.2. The number of hydrogen-bond acceptors (Lipinski definition) is 7. The van der Waals surface area contributed by atoms with Crippen molar-refractivity contribution < 1.29 is 33.2 Å². The van der Waals surface area contributed by atoms with Gasteiger partial charge in [-0.05, 0) is 69.9 Å². The van der Waals surface area contributed by atoms with Crippen molar-refractivity contribution in [2.75, 3.05) is 40.0 Å². The average Bonchev–Trinajstić information content (AvgIpc) is 3.39. The van der Waals surface area contributed by atoms with E-state index in [0.717, 1.165) is 50.0 Å². The molecule has 8 nitrogen and oxygen atoms in total. The second-order valence-electron chi connectivity index (χ2n) is 11.5. The van der Waals surface area contributed by atoms with Crippen LogP contribution in [0.1, 0.15) is 73.1 Å². The van der Waals surface area contributed by atoms with Crippen molar-refractivity contribution in [2.24, 2.45) is 0 Å². The van der Waals surface area contributed by atoms with E-state index in [-0.39, 0.29) is 12.7 Å². The number of nitrogens with zero attached hydrogens (tertiary/aromatic N) is 2.